The molecule has 9 heteroatoms. The van der Waals surface area contributed by atoms with Crippen LogP contribution in [0.5, 0.6) is 17.4 Å². The van der Waals surface area contributed by atoms with Gasteiger partial charge in [0.2, 0.25) is 11.8 Å². The second-order valence-electron chi connectivity index (χ2n) is 5.54. The molecule has 0 fully saturated rings. The minimum Gasteiger partial charge on any atom is -0.493 e. The number of rotatable bonds is 6. The molecule has 0 aliphatic carbocycles. The minimum atomic E-state index is -0.384. The van der Waals surface area contributed by atoms with E-state index in [9.17, 15) is 9.59 Å². The van der Waals surface area contributed by atoms with Crippen LogP contribution in [-0.4, -0.2) is 41.8 Å². The molecule has 3 aromatic rings. The van der Waals surface area contributed by atoms with Crippen molar-refractivity contribution >= 4 is 22.5 Å². The molecular weight excluding hydrogens is 352 g/mol. The van der Waals surface area contributed by atoms with E-state index in [0.29, 0.717) is 34.0 Å². The molecule has 2 heterocycles. The maximum atomic E-state index is 12.7. The minimum absolute atomic E-state index is 0.192. The zero-order chi connectivity index (χ0) is 19.4. The number of ether oxygens (including phenoxy) is 3. The van der Waals surface area contributed by atoms with Gasteiger partial charge in [0, 0.05) is 12.1 Å². The van der Waals surface area contributed by atoms with Crippen molar-refractivity contribution in [2.45, 2.75) is 6.54 Å². The molecule has 0 aliphatic heterocycles. The third-order valence-corrected chi connectivity index (χ3v) is 3.87. The largest absolute Gasteiger partial charge is 0.493 e. The van der Waals surface area contributed by atoms with E-state index in [1.165, 1.54) is 38.4 Å². The molecule has 0 saturated carbocycles. The van der Waals surface area contributed by atoms with Crippen LogP contribution in [-0.2, 0) is 11.3 Å². The van der Waals surface area contributed by atoms with Gasteiger partial charge in [0.15, 0.2) is 11.5 Å². The van der Waals surface area contributed by atoms with Crippen molar-refractivity contribution in [2.24, 2.45) is 0 Å². The molecule has 0 saturated heterocycles. The molecule has 0 radical (unpaired) electrons. The van der Waals surface area contributed by atoms with Gasteiger partial charge in [0.1, 0.15) is 6.54 Å². The maximum Gasteiger partial charge on any atom is 0.261 e. The lowest BCUT2D eigenvalue weighted by molar-refractivity contribution is -0.116. The molecule has 9 nitrogen and oxygen atoms in total. The summed E-state index contributed by atoms with van der Waals surface area (Å²) in [6.45, 7) is -0.192. The Bertz CT molecular complexity index is 1030. The summed E-state index contributed by atoms with van der Waals surface area (Å²) in [5.41, 5.74) is 0.589. The van der Waals surface area contributed by atoms with Crippen LogP contribution in [0.25, 0.3) is 10.9 Å². The van der Waals surface area contributed by atoms with Gasteiger partial charge in [-0.3, -0.25) is 14.2 Å². The summed E-state index contributed by atoms with van der Waals surface area (Å²) in [4.78, 5) is 33.2. The van der Waals surface area contributed by atoms with Crippen molar-refractivity contribution in [1.82, 2.24) is 14.5 Å². The Kier molecular flexibility index (Phi) is 5.20. The Hall–Kier alpha value is -3.62. The molecular formula is C18H18N4O5. The standard InChI is InChI=1S/C18H18N4O5/c1-25-14-6-12-13(7-15(14)26-2)20-10-22(18(12)24)9-16(23)21-11-4-5-17(27-3)19-8-11/h4-8,10H,9H2,1-3H3,(H,21,23). The van der Waals surface area contributed by atoms with Gasteiger partial charge in [-0.25, -0.2) is 9.97 Å². The van der Waals surface area contributed by atoms with E-state index >= 15 is 0 Å². The third-order valence-electron chi connectivity index (χ3n) is 3.87. The van der Waals surface area contributed by atoms with E-state index in [1.807, 2.05) is 0 Å². The van der Waals surface area contributed by atoms with Gasteiger partial charge < -0.3 is 19.5 Å². The number of carbonyl (C=O) groups is 1. The highest BCUT2D eigenvalue weighted by Gasteiger charge is 2.13. The Morgan fingerprint density at radius 1 is 1.07 bits per heavy atom. The van der Waals surface area contributed by atoms with Gasteiger partial charge >= 0.3 is 0 Å². The second-order valence-corrected chi connectivity index (χ2v) is 5.54. The van der Waals surface area contributed by atoms with Crippen LogP contribution in [0.4, 0.5) is 5.69 Å². The molecule has 0 bridgehead atoms. The first-order valence-electron chi connectivity index (χ1n) is 7.96. The van der Waals surface area contributed by atoms with Crippen LogP contribution in [0.3, 0.4) is 0 Å². The van der Waals surface area contributed by atoms with Crippen LogP contribution in [0.1, 0.15) is 0 Å². The van der Waals surface area contributed by atoms with E-state index in [2.05, 4.69) is 15.3 Å². The van der Waals surface area contributed by atoms with Crippen molar-refractivity contribution < 1.29 is 19.0 Å². The van der Waals surface area contributed by atoms with Crippen LogP contribution < -0.4 is 25.1 Å². The number of carbonyl (C=O) groups excluding carboxylic acids is 1. The molecule has 1 aromatic carbocycles. The fourth-order valence-electron chi connectivity index (χ4n) is 2.53. The highest BCUT2D eigenvalue weighted by molar-refractivity contribution is 5.90. The average molecular weight is 370 g/mol. The molecule has 140 valence electrons. The number of nitrogens with one attached hydrogen (secondary N) is 1. The molecule has 1 N–H and O–H groups in total. The monoisotopic (exact) mass is 370 g/mol. The Labute approximate surface area is 154 Å². The van der Waals surface area contributed by atoms with Crippen molar-refractivity contribution in [1.29, 1.82) is 0 Å². The zero-order valence-corrected chi connectivity index (χ0v) is 15.1. The number of hydrogen-bond donors (Lipinski definition) is 1. The molecule has 2 aromatic heterocycles. The van der Waals surface area contributed by atoms with Crippen molar-refractivity contribution in [3.05, 3.63) is 47.1 Å². The molecule has 3 rings (SSSR count). The van der Waals surface area contributed by atoms with Gasteiger partial charge in [-0.15, -0.1) is 0 Å². The van der Waals surface area contributed by atoms with Gasteiger partial charge in [-0.2, -0.15) is 0 Å². The molecule has 0 spiro atoms. The van der Waals surface area contributed by atoms with E-state index in [1.54, 1.807) is 24.3 Å². The van der Waals surface area contributed by atoms with Crippen LogP contribution in [0.2, 0.25) is 0 Å². The summed E-state index contributed by atoms with van der Waals surface area (Å²) in [6, 6.07) is 6.44. The van der Waals surface area contributed by atoms with Crippen LogP contribution in [0, 0.1) is 0 Å². The van der Waals surface area contributed by atoms with Crippen LogP contribution >= 0.6 is 0 Å². The lowest BCUT2D eigenvalue weighted by atomic mass is 10.2. The molecule has 0 unspecified atom stereocenters. The average Bonchev–Trinajstić information content (AvgIpc) is 2.69. The second kappa shape index (κ2) is 7.73. The quantitative estimate of drug-likeness (QED) is 0.700. The van der Waals surface area contributed by atoms with Gasteiger partial charge in [0.25, 0.3) is 5.56 Å². The zero-order valence-electron chi connectivity index (χ0n) is 15.1. The van der Waals surface area contributed by atoms with Crippen LogP contribution in [0.15, 0.2) is 41.6 Å². The van der Waals surface area contributed by atoms with E-state index in [-0.39, 0.29) is 18.0 Å². The predicted octanol–water partition coefficient (Wildman–Crippen LogP) is 1.46. The van der Waals surface area contributed by atoms with Crippen molar-refractivity contribution in [2.75, 3.05) is 26.6 Å². The lowest BCUT2D eigenvalue weighted by Gasteiger charge is -2.11. The summed E-state index contributed by atoms with van der Waals surface area (Å²) in [5.74, 6) is 0.938. The summed E-state index contributed by atoms with van der Waals surface area (Å²) in [5, 5.41) is 3.00. The summed E-state index contributed by atoms with van der Waals surface area (Å²) in [7, 11) is 4.49. The molecule has 0 atom stereocenters. The first-order chi connectivity index (χ1) is 13.0. The van der Waals surface area contributed by atoms with E-state index in [4.69, 9.17) is 14.2 Å². The predicted molar refractivity (Wildman–Crippen MR) is 98.5 cm³/mol. The number of amides is 1. The smallest absolute Gasteiger partial charge is 0.261 e. The van der Waals surface area contributed by atoms with Gasteiger partial charge in [0.05, 0.1) is 50.4 Å². The van der Waals surface area contributed by atoms with Crippen molar-refractivity contribution in [3.8, 4) is 17.4 Å². The number of nitrogens with zero attached hydrogens (tertiary/aromatic N) is 3. The van der Waals surface area contributed by atoms with Gasteiger partial charge in [-0.1, -0.05) is 0 Å². The first-order valence-corrected chi connectivity index (χ1v) is 7.96. The molecule has 1 amide bonds. The topological polar surface area (TPSA) is 105 Å². The summed E-state index contributed by atoms with van der Waals surface area (Å²) >= 11 is 0. The van der Waals surface area contributed by atoms with E-state index < -0.39 is 0 Å². The number of methoxy groups -OCH3 is 3. The Morgan fingerprint density at radius 3 is 2.44 bits per heavy atom. The Morgan fingerprint density at radius 2 is 1.81 bits per heavy atom. The third kappa shape index (κ3) is 3.81. The number of benzene rings is 1. The van der Waals surface area contributed by atoms with Crippen molar-refractivity contribution in [3.63, 3.8) is 0 Å². The fourth-order valence-corrected chi connectivity index (χ4v) is 2.53. The van der Waals surface area contributed by atoms with E-state index in [0.717, 1.165) is 0 Å². The number of aromatic nitrogens is 3. The highest BCUT2D eigenvalue weighted by Crippen LogP contribution is 2.29. The normalized spacial score (nSPS) is 10.5. The highest BCUT2D eigenvalue weighted by atomic mass is 16.5. The Balaban J connectivity index is 1.84. The summed E-state index contributed by atoms with van der Waals surface area (Å²) < 4.78 is 16.6. The number of fused-ring (bicyclic) bond motifs is 1. The first kappa shape index (κ1) is 18.2. The van der Waals surface area contributed by atoms with Gasteiger partial charge in [-0.05, 0) is 12.1 Å². The maximum absolute atomic E-state index is 12.7. The lowest BCUT2D eigenvalue weighted by Crippen LogP contribution is -2.28. The number of pyridine rings is 1. The number of anilines is 1. The SMILES string of the molecule is COc1ccc(NC(=O)Cn2cnc3cc(OC)c(OC)cc3c2=O)cn1. The molecule has 27 heavy (non-hydrogen) atoms. The number of hydrogen-bond acceptors (Lipinski definition) is 7. The molecule has 0 aliphatic rings. The summed E-state index contributed by atoms with van der Waals surface area (Å²) in [6.07, 6.45) is 2.79. The fraction of sp³-hybridized carbons (Fsp3) is 0.222.